The number of hydrogen-bond donors (Lipinski definition) is 2. The average molecular weight is 587 g/mol. The Labute approximate surface area is 243 Å². The van der Waals surface area contributed by atoms with E-state index in [-0.39, 0.29) is 5.95 Å². The van der Waals surface area contributed by atoms with Crippen molar-refractivity contribution >= 4 is 29.5 Å². The minimum atomic E-state index is -4.41. The van der Waals surface area contributed by atoms with Gasteiger partial charge in [0.05, 0.1) is 18.0 Å². The lowest BCUT2D eigenvalue weighted by Gasteiger charge is -2.31. The zero-order valence-corrected chi connectivity index (χ0v) is 24.1. The first-order valence-electron chi connectivity index (χ1n) is 14.1. The van der Waals surface area contributed by atoms with E-state index in [1.54, 1.807) is 0 Å². The molecule has 2 aromatic carbocycles. The van der Waals surface area contributed by atoms with Crippen molar-refractivity contribution < 1.29 is 27.8 Å². The number of carbonyl (C=O) groups is 1. The Hall–Kier alpha value is -4.09. The van der Waals surface area contributed by atoms with Crippen LogP contribution in [0.15, 0.2) is 48.5 Å². The Kier molecular flexibility index (Phi) is 10.1. The topological polar surface area (TPSA) is 104 Å². The smallest absolute Gasteiger partial charge is 0.416 e. The van der Waals surface area contributed by atoms with Gasteiger partial charge in [0.1, 0.15) is 12.4 Å². The van der Waals surface area contributed by atoms with Gasteiger partial charge in [0.2, 0.25) is 17.8 Å². The lowest BCUT2D eigenvalue weighted by Crippen LogP contribution is -2.35. The van der Waals surface area contributed by atoms with E-state index < -0.39 is 23.6 Å². The number of nitrogens with one attached hydrogen (secondary N) is 1. The van der Waals surface area contributed by atoms with Gasteiger partial charge in [-0.3, -0.25) is 4.79 Å². The van der Waals surface area contributed by atoms with Crippen LogP contribution < -0.4 is 19.9 Å². The Morgan fingerprint density at radius 1 is 1.10 bits per heavy atom. The predicted octanol–water partition coefficient (Wildman–Crippen LogP) is 6.04. The molecular formula is C30H37F3N6O3. The second-order valence-corrected chi connectivity index (χ2v) is 10.7. The number of anilines is 4. The normalized spacial score (nSPS) is 14.9. The molecule has 0 bridgehead atoms. The zero-order chi connectivity index (χ0) is 30.3. The molecule has 226 valence electrons. The Morgan fingerprint density at radius 3 is 2.36 bits per heavy atom. The molecule has 1 atom stereocenters. The molecule has 0 amide bonds. The van der Waals surface area contributed by atoms with Crippen molar-refractivity contribution in [3.05, 3.63) is 59.7 Å². The number of benzene rings is 2. The number of aliphatic carboxylic acids is 1. The first kappa shape index (κ1) is 30.9. The molecule has 1 aliphatic rings. The van der Waals surface area contributed by atoms with Crippen molar-refractivity contribution in [2.24, 2.45) is 11.8 Å². The fourth-order valence-corrected chi connectivity index (χ4v) is 4.62. The summed E-state index contributed by atoms with van der Waals surface area (Å²) in [5.41, 5.74) is 0.639. The van der Waals surface area contributed by atoms with Gasteiger partial charge in [-0.05, 0) is 73.6 Å². The molecule has 3 aromatic rings. The van der Waals surface area contributed by atoms with E-state index in [2.05, 4.69) is 27.1 Å². The summed E-state index contributed by atoms with van der Waals surface area (Å²) < 4.78 is 44.9. The highest BCUT2D eigenvalue weighted by Crippen LogP contribution is 2.30. The maximum Gasteiger partial charge on any atom is 0.416 e. The van der Waals surface area contributed by atoms with Crippen LogP contribution in [0.1, 0.15) is 44.2 Å². The first-order valence-corrected chi connectivity index (χ1v) is 14.1. The van der Waals surface area contributed by atoms with Gasteiger partial charge < -0.3 is 25.0 Å². The number of piperidine rings is 1. The van der Waals surface area contributed by atoms with Crippen LogP contribution in [0.3, 0.4) is 0 Å². The molecule has 0 radical (unpaired) electrons. The summed E-state index contributed by atoms with van der Waals surface area (Å²) in [4.78, 5) is 29.1. The molecule has 42 heavy (non-hydrogen) atoms. The predicted molar refractivity (Wildman–Crippen MR) is 155 cm³/mol. The minimum Gasteiger partial charge on any atom is -0.492 e. The van der Waals surface area contributed by atoms with Crippen LogP contribution in [0.4, 0.5) is 36.7 Å². The van der Waals surface area contributed by atoms with E-state index in [1.165, 1.54) is 12.1 Å². The van der Waals surface area contributed by atoms with Gasteiger partial charge in [0.15, 0.2) is 0 Å². The summed E-state index contributed by atoms with van der Waals surface area (Å²) >= 11 is 0. The Morgan fingerprint density at radius 2 is 1.76 bits per heavy atom. The molecule has 4 rings (SSSR count). The number of hydrogen-bond acceptors (Lipinski definition) is 8. The Balaban J connectivity index is 1.43. The fraction of sp³-hybridized carbons (Fsp3) is 0.467. The van der Waals surface area contributed by atoms with Crippen LogP contribution in [0.5, 0.6) is 5.75 Å². The number of ether oxygens (including phenoxy) is 1. The van der Waals surface area contributed by atoms with Gasteiger partial charge in [-0.2, -0.15) is 28.1 Å². The maximum atomic E-state index is 13.0. The van der Waals surface area contributed by atoms with Crippen molar-refractivity contribution in [3.63, 3.8) is 0 Å². The summed E-state index contributed by atoms with van der Waals surface area (Å²) in [6.07, 6.45) is -1.35. The second kappa shape index (κ2) is 13.7. The summed E-state index contributed by atoms with van der Waals surface area (Å²) in [5, 5.41) is 12.3. The molecule has 2 N–H and O–H groups in total. The molecule has 1 fully saturated rings. The SMILES string of the molecule is CCC(Cc1ccc(OCCN(C)c2nc(Nc3ccc(C(F)(F)F)cc3)nc(N3CCC(C)CC3)n2)cc1)C(=O)O. The highest BCUT2D eigenvalue weighted by atomic mass is 19.4. The van der Waals surface area contributed by atoms with Crippen LogP contribution in [0, 0.1) is 11.8 Å². The third-order valence-corrected chi connectivity index (χ3v) is 7.43. The molecule has 0 saturated carbocycles. The van der Waals surface area contributed by atoms with Gasteiger partial charge in [-0.15, -0.1) is 0 Å². The van der Waals surface area contributed by atoms with Crippen LogP contribution in [-0.2, 0) is 17.4 Å². The quantitative estimate of drug-likeness (QED) is 0.263. The molecule has 0 aliphatic carbocycles. The fourth-order valence-electron chi connectivity index (χ4n) is 4.62. The average Bonchev–Trinajstić information content (AvgIpc) is 2.96. The molecule has 9 nitrogen and oxygen atoms in total. The summed E-state index contributed by atoms with van der Waals surface area (Å²) in [5.74, 6) is 1.23. The maximum absolute atomic E-state index is 13.0. The lowest BCUT2D eigenvalue weighted by molar-refractivity contribution is -0.141. The Bertz CT molecular complexity index is 1310. The van der Waals surface area contributed by atoms with E-state index in [0.717, 1.165) is 43.6 Å². The number of rotatable bonds is 12. The molecule has 12 heteroatoms. The third kappa shape index (κ3) is 8.46. The van der Waals surface area contributed by atoms with Crippen molar-refractivity contribution in [2.45, 2.75) is 45.7 Å². The van der Waals surface area contributed by atoms with Gasteiger partial charge in [-0.25, -0.2) is 0 Å². The van der Waals surface area contributed by atoms with Crippen molar-refractivity contribution in [1.29, 1.82) is 0 Å². The molecule has 1 aliphatic heterocycles. The number of aromatic nitrogens is 3. The molecule has 1 aromatic heterocycles. The molecular weight excluding hydrogens is 549 g/mol. The number of halogens is 3. The van der Waals surface area contributed by atoms with Crippen LogP contribution in [0.2, 0.25) is 0 Å². The van der Waals surface area contributed by atoms with E-state index in [0.29, 0.717) is 55.2 Å². The number of carboxylic acid groups (broad SMARTS) is 1. The van der Waals surface area contributed by atoms with Gasteiger partial charge >= 0.3 is 12.1 Å². The van der Waals surface area contributed by atoms with Crippen molar-refractivity contribution in [1.82, 2.24) is 15.0 Å². The van der Waals surface area contributed by atoms with E-state index in [4.69, 9.17) is 9.72 Å². The van der Waals surface area contributed by atoms with E-state index in [1.807, 2.05) is 43.1 Å². The number of nitrogens with zero attached hydrogens (tertiary/aromatic N) is 5. The zero-order valence-electron chi connectivity index (χ0n) is 24.1. The summed E-state index contributed by atoms with van der Waals surface area (Å²) in [6.45, 7) is 6.48. The molecule has 1 unspecified atom stereocenters. The van der Waals surface area contributed by atoms with Gasteiger partial charge in [-0.1, -0.05) is 26.0 Å². The monoisotopic (exact) mass is 586 g/mol. The molecule has 1 saturated heterocycles. The number of carboxylic acids is 1. The van der Waals surface area contributed by atoms with Crippen LogP contribution in [0.25, 0.3) is 0 Å². The minimum absolute atomic E-state index is 0.239. The third-order valence-electron chi connectivity index (χ3n) is 7.43. The number of likely N-dealkylation sites (N-methyl/N-ethyl adjacent to an activating group) is 1. The van der Waals surface area contributed by atoms with Gasteiger partial charge in [0, 0.05) is 25.8 Å². The second-order valence-electron chi connectivity index (χ2n) is 10.7. The van der Waals surface area contributed by atoms with E-state index in [9.17, 15) is 23.1 Å². The largest absolute Gasteiger partial charge is 0.492 e. The number of alkyl halides is 3. The summed E-state index contributed by atoms with van der Waals surface area (Å²) in [7, 11) is 1.84. The first-order chi connectivity index (χ1) is 20.0. The van der Waals surface area contributed by atoms with Crippen LogP contribution >= 0.6 is 0 Å². The van der Waals surface area contributed by atoms with E-state index >= 15 is 0 Å². The van der Waals surface area contributed by atoms with Crippen molar-refractivity contribution in [2.75, 3.05) is 48.4 Å². The van der Waals surface area contributed by atoms with Crippen LogP contribution in [-0.4, -0.2) is 59.3 Å². The lowest BCUT2D eigenvalue weighted by atomic mass is 9.97. The highest BCUT2D eigenvalue weighted by Gasteiger charge is 2.30. The standard InChI is InChI=1S/C30H37F3N6O3/c1-4-22(26(40)41)19-21-5-11-25(12-6-21)42-18-17-38(3)28-35-27(34-24-9-7-23(8-10-24)30(31,32)33)36-29(37-28)39-15-13-20(2)14-16-39/h5-12,20,22H,4,13-19H2,1-3H3,(H,40,41)(H,34,35,36,37). The molecule has 2 heterocycles. The molecule has 0 spiro atoms. The summed E-state index contributed by atoms with van der Waals surface area (Å²) in [6, 6.07) is 12.1. The highest BCUT2D eigenvalue weighted by molar-refractivity contribution is 5.70. The van der Waals surface area contributed by atoms with Crippen molar-refractivity contribution in [3.8, 4) is 5.75 Å². The van der Waals surface area contributed by atoms with Gasteiger partial charge in [0.25, 0.3) is 0 Å².